The molecule has 68 valence electrons. The smallest absolute Gasteiger partial charge is 0.335 e. The zero-order chi connectivity index (χ0) is 7.56. The van der Waals surface area contributed by atoms with Gasteiger partial charge in [0.2, 0.25) is 0 Å². The maximum atomic E-state index is 10.3. The van der Waals surface area contributed by atoms with Gasteiger partial charge in [0.05, 0.1) is 5.56 Å². The SMILES string of the molecule is Cc1ccc(C(=O)O)cc1.Cl.Cl. The maximum absolute atomic E-state index is 10.3. The Kier molecular flexibility index (Phi) is 6.76. The number of aromatic carboxylic acids is 1. The first-order valence-corrected chi connectivity index (χ1v) is 3.00. The molecular formula is C8H10Cl2O2. The molecule has 0 fully saturated rings. The Balaban J connectivity index is 0. The van der Waals surface area contributed by atoms with Crippen molar-refractivity contribution in [2.75, 3.05) is 0 Å². The van der Waals surface area contributed by atoms with E-state index in [2.05, 4.69) is 0 Å². The molecule has 0 aliphatic carbocycles. The lowest BCUT2D eigenvalue weighted by Crippen LogP contribution is -1.94. The summed E-state index contributed by atoms with van der Waals surface area (Å²) in [5, 5.41) is 8.48. The average molecular weight is 209 g/mol. The molecule has 0 amide bonds. The van der Waals surface area contributed by atoms with Gasteiger partial charge in [-0.25, -0.2) is 4.79 Å². The zero-order valence-corrected chi connectivity index (χ0v) is 8.11. The molecule has 0 aromatic heterocycles. The average Bonchev–Trinajstić information content (AvgIpc) is 1.88. The molecule has 4 heteroatoms. The van der Waals surface area contributed by atoms with Crippen molar-refractivity contribution < 1.29 is 9.90 Å². The molecule has 2 nitrogen and oxygen atoms in total. The number of hydrogen-bond donors (Lipinski definition) is 1. The topological polar surface area (TPSA) is 37.3 Å². The molecule has 1 rings (SSSR count). The number of carboxylic acid groups (broad SMARTS) is 1. The molecule has 0 bridgehead atoms. The zero-order valence-electron chi connectivity index (χ0n) is 6.48. The van der Waals surface area contributed by atoms with Gasteiger partial charge in [-0.1, -0.05) is 17.7 Å². The van der Waals surface area contributed by atoms with Crippen molar-refractivity contribution >= 4 is 30.8 Å². The summed E-state index contributed by atoms with van der Waals surface area (Å²) in [6.45, 7) is 1.92. The summed E-state index contributed by atoms with van der Waals surface area (Å²) in [4.78, 5) is 10.3. The third-order valence-electron chi connectivity index (χ3n) is 1.30. The lowest BCUT2D eigenvalue weighted by molar-refractivity contribution is 0.0697. The monoisotopic (exact) mass is 208 g/mol. The molecule has 0 aliphatic heterocycles. The van der Waals surface area contributed by atoms with Crippen molar-refractivity contribution in [3.8, 4) is 0 Å². The second-order valence-electron chi connectivity index (χ2n) is 2.17. The first-order valence-electron chi connectivity index (χ1n) is 3.00. The molecule has 1 aromatic rings. The first kappa shape index (κ1) is 13.8. The fourth-order valence-corrected chi connectivity index (χ4v) is 0.696. The van der Waals surface area contributed by atoms with Crippen molar-refractivity contribution in [1.82, 2.24) is 0 Å². The van der Waals surface area contributed by atoms with E-state index in [4.69, 9.17) is 5.11 Å². The Labute approximate surface area is 83.4 Å². The van der Waals surface area contributed by atoms with E-state index in [9.17, 15) is 4.79 Å². The molecule has 12 heavy (non-hydrogen) atoms. The van der Waals surface area contributed by atoms with Gasteiger partial charge in [0, 0.05) is 0 Å². The number of carboxylic acids is 1. The minimum atomic E-state index is -0.875. The number of halogens is 2. The van der Waals surface area contributed by atoms with E-state index >= 15 is 0 Å². The Morgan fingerprint density at radius 2 is 1.58 bits per heavy atom. The van der Waals surface area contributed by atoms with Gasteiger partial charge < -0.3 is 5.11 Å². The largest absolute Gasteiger partial charge is 0.478 e. The fourth-order valence-electron chi connectivity index (χ4n) is 0.696. The number of carbonyl (C=O) groups is 1. The van der Waals surface area contributed by atoms with Crippen molar-refractivity contribution in [3.63, 3.8) is 0 Å². The predicted molar refractivity (Wildman–Crippen MR) is 52.6 cm³/mol. The quantitative estimate of drug-likeness (QED) is 0.771. The van der Waals surface area contributed by atoms with Crippen LogP contribution in [0.5, 0.6) is 0 Å². The minimum absolute atomic E-state index is 0. The highest BCUT2D eigenvalue weighted by Crippen LogP contribution is 2.01. The molecule has 0 aliphatic rings. The Morgan fingerprint density at radius 3 is 1.92 bits per heavy atom. The molecule has 1 aromatic carbocycles. The Bertz CT molecular complexity index is 244. The van der Waals surface area contributed by atoms with Crippen LogP contribution in [0.3, 0.4) is 0 Å². The fraction of sp³-hybridized carbons (Fsp3) is 0.125. The summed E-state index contributed by atoms with van der Waals surface area (Å²) in [6, 6.07) is 6.75. The molecule has 1 N–H and O–H groups in total. The summed E-state index contributed by atoms with van der Waals surface area (Å²) < 4.78 is 0. The summed E-state index contributed by atoms with van der Waals surface area (Å²) in [5.41, 5.74) is 1.41. The lowest BCUT2D eigenvalue weighted by Gasteiger charge is -1.92. The number of benzene rings is 1. The van der Waals surface area contributed by atoms with Crippen LogP contribution in [0, 0.1) is 6.92 Å². The molecule has 0 saturated heterocycles. The van der Waals surface area contributed by atoms with E-state index in [0.29, 0.717) is 5.56 Å². The standard InChI is InChI=1S/C8H8O2.2ClH/c1-6-2-4-7(5-3-6)8(9)10;;/h2-5H,1H3,(H,9,10);2*1H. The summed E-state index contributed by atoms with van der Waals surface area (Å²) in [6.07, 6.45) is 0. The van der Waals surface area contributed by atoms with Crippen molar-refractivity contribution in [1.29, 1.82) is 0 Å². The number of rotatable bonds is 1. The van der Waals surface area contributed by atoms with Gasteiger partial charge >= 0.3 is 5.97 Å². The van der Waals surface area contributed by atoms with E-state index in [1.165, 1.54) is 0 Å². The third-order valence-corrected chi connectivity index (χ3v) is 1.30. The van der Waals surface area contributed by atoms with E-state index in [0.717, 1.165) is 5.56 Å². The van der Waals surface area contributed by atoms with Crippen LogP contribution in [0.15, 0.2) is 24.3 Å². The van der Waals surface area contributed by atoms with Crippen LogP contribution < -0.4 is 0 Å². The van der Waals surface area contributed by atoms with Crippen LogP contribution in [0.2, 0.25) is 0 Å². The second-order valence-corrected chi connectivity index (χ2v) is 2.17. The van der Waals surface area contributed by atoms with Crippen molar-refractivity contribution in [2.45, 2.75) is 6.92 Å². The molecule has 0 unspecified atom stereocenters. The van der Waals surface area contributed by atoms with Crippen LogP contribution in [0.4, 0.5) is 0 Å². The summed E-state index contributed by atoms with van der Waals surface area (Å²) in [5.74, 6) is -0.875. The first-order chi connectivity index (χ1) is 4.70. The van der Waals surface area contributed by atoms with Gasteiger partial charge in [-0.2, -0.15) is 0 Å². The van der Waals surface area contributed by atoms with E-state index in [-0.39, 0.29) is 24.8 Å². The molecular weight excluding hydrogens is 199 g/mol. The molecule has 0 atom stereocenters. The maximum Gasteiger partial charge on any atom is 0.335 e. The molecule has 0 saturated carbocycles. The van der Waals surface area contributed by atoms with Gasteiger partial charge in [-0.05, 0) is 19.1 Å². The van der Waals surface area contributed by atoms with Crippen LogP contribution in [-0.4, -0.2) is 11.1 Å². The molecule has 0 spiro atoms. The lowest BCUT2D eigenvalue weighted by atomic mass is 10.2. The van der Waals surface area contributed by atoms with Crippen LogP contribution in [0.25, 0.3) is 0 Å². The van der Waals surface area contributed by atoms with E-state index in [1.54, 1.807) is 24.3 Å². The highest BCUT2D eigenvalue weighted by atomic mass is 35.5. The van der Waals surface area contributed by atoms with E-state index in [1.807, 2.05) is 6.92 Å². The molecule has 0 radical (unpaired) electrons. The normalized spacial score (nSPS) is 7.75. The second kappa shape index (κ2) is 5.86. The summed E-state index contributed by atoms with van der Waals surface area (Å²) >= 11 is 0. The number of hydrogen-bond acceptors (Lipinski definition) is 1. The van der Waals surface area contributed by atoms with Crippen molar-refractivity contribution in [2.24, 2.45) is 0 Å². The van der Waals surface area contributed by atoms with Gasteiger partial charge in [-0.15, -0.1) is 24.8 Å². The summed E-state index contributed by atoms with van der Waals surface area (Å²) in [7, 11) is 0. The van der Waals surface area contributed by atoms with Crippen LogP contribution >= 0.6 is 24.8 Å². The Morgan fingerprint density at radius 1 is 1.17 bits per heavy atom. The number of aryl methyl sites for hydroxylation is 1. The van der Waals surface area contributed by atoms with Gasteiger partial charge in [0.25, 0.3) is 0 Å². The van der Waals surface area contributed by atoms with Crippen molar-refractivity contribution in [3.05, 3.63) is 35.4 Å². The highest BCUT2D eigenvalue weighted by molar-refractivity contribution is 5.87. The van der Waals surface area contributed by atoms with E-state index < -0.39 is 5.97 Å². The van der Waals surface area contributed by atoms with Gasteiger partial charge in [0.1, 0.15) is 0 Å². The van der Waals surface area contributed by atoms with Gasteiger partial charge in [-0.3, -0.25) is 0 Å². The Hall–Kier alpha value is -0.730. The van der Waals surface area contributed by atoms with Crippen LogP contribution in [0.1, 0.15) is 15.9 Å². The third kappa shape index (κ3) is 3.60. The van der Waals surface area contributed by atoms with Gasteiger partial charge in [0.15, 0.2) is 0 Å². The minimum Gasteiger partial charge on any atom is -0.478 e. The molecule has 0 heterocycles. The predicted octanol–water partition coefficient (Wildman–Crippen LogP) is 2.54. The highest BCUT2D eigenvalue weighted by Gasteiger charge is 1.98. The van der Waals surface area contributed by atoms with Crippen LogP contribution in [-0.2, 0) is 0 Å².